The van der Waals surface area contributed by atoms with Gasteiger partial charge in [0.15, 0.2) is 0 Å². The van der Waals surface area contributed by atoms with Gasteiger partial charge in [0, 0.05) is 23.2 Å². The molecule has 2 N–H and O–H groups in total. The van der Waals surface area contributed by atoms with Gasteiger partial charge >= 0.3 is 19.5 Å². The van der Waals surface area contributed by atoms with Gasteiger partial charge in [-0.05, 0) is 69.8 Å². The molecule has 2 aromatic heterocycles. The Bertz CT molecular complexity index is 1950. The van der Waals surface area contributed by atoms with Gasteiger partial charge in [0.2, 0.25) is 0 Å². The number of hydrogen-bond acceptors (Lipinski definition) is 8. The maximum atomic E-state index is 10.5. The van der Waals surface area contributed by atoms with Gasteiger partial charge in [-0.25, -0.2) is 0 Å². The second-order valence-corrected chi connectivity index (χ2v) is 10.0. The van der Waals surface area contributed by atoms with Crippen LogP contribution in [0.15, 0.2) is 146 Å². The second-order valence-electron chi connectivity index (χ2n) is 10.0. The fourth-order valence-corrected chi connectivity index (χ4v) is 4.59. The quantitative estimate of drug-likeness (QED) is 0.181. The van der Waals surface area contributed by atoms with Crippen LogP contribution in [0.4, 0.5) is 0 Å². The largest absolute Gasteiger partial charge is 2.00 e. The Kier molecular flexibility index (Phi) is 11.5. The molecule has 5 aromatic carbocycles. The van der Waals surface area contributed by atoms with Crippen LogP contribution in [0.25, 0.3) is 44.1 Å². The molecule has 7 aromatic rings. The van der Waals surface area contributed by atoms with Crippen LogP contribution in [-0.4, -0.2) is 32.1 Å². The zero-order valence-corrected chi connectivity index (χ0v) is 28.0. The Morgan fingerprint density at radius 3 is 1.04 bits per heavy atom. The van der Waals surface area contributed by atoms with E-state index in [1.165, 1.54) is 24.3 Å². The summed E-state index contributed by atoms with van der Waals surface area (Å²) in [4.78, 5) is 29.8. The second kappa shape index (κ2) is 15.9. The molecule has 2 heterocycles. The summed E-state index contributed by atoms with van der Waals surface area (Å²) in [5.41, 5.74) is 5.89. The zero-order valence-electron chi connectivity index (χ0n) is 25.0. The summed E-state index contributed by atoms with van der Waals surface area (Å²) in [6.07, 6.45) is 3.60. The number of carboxylic acid groups (broad SMARTS) is 2. The third-order valence-corrected chi connectivity index (χ3v) is 6.99. The fourth-order valence-electron chi connectivity index (χ4n) is 4.59. The van der Waals surface area contributed by atoms with Gasteiger partial charge in [0.25, 0.3) is 0 Å². The molecule has 47 heavy (non-hydrogen) atoms. The van der Waals surface area contributed by atoms with Crippen LogP contribution in [0, 0.1) is 0 Å². The minimum atomic E-state index is -1.18. The van der Waals surface area contributed by atoms with E-state index in [2.05, 4.69) is 34.2 Å². The number of carboxylic acids is 2. The van der Waals surface area contributed by atoms with Crippen LogP contribution >= 0.6 is 0 Å². The van der Waals surface area contributed by atoms with E-state index in [9.17, 15) is 19.8 Å². The molecule has 0 saturated heterocycles. The van der Waals surface area contributed by atoms with Crippen molar-refractivity contribution in [3.05, 3.63) is 157 Å². The van der Waals surface area contributed by atoms with Crippen molar-refractivity contribution in [1.29, 1.82) is 0 Å². The van der Waals surface area contributed by atoms with E-state index in [1.54, 1.807) is 85.2 Å². The summed E-state index contributed by atoms with van der Waals surface area (Å²) >= 11 is 0. The number of pyridine rings is 2. The smallest absolute Gasteiger partial charge is 0.545 e. The molecule has 0 aliphatic heterocycles. The van der Waals surface area contributed by atoms with Crippen LogP contribution < -0.4 is 10.2 Å². The molecular weight excluding hydrogens is 646 g/mol. The number of benzene rings is 5. The molecule has 0 unspecified atom stereocenters. The SMILES string of the molecule is O=C([O-])c1ccc(-c2ccc(O)cc2)cc1.O=C([O-])c1ccc(-c2ccc(O)cc2)cc1.[Zn+2].c1cnc2c(c1)ccc1cccnc12. The van der Waals surface area contributed by atoms with Crippen molar-refractivity contribution < 1.29 is 49.5 Å². The van der Waals surface area contributed by atoms with Gasteiger partial charge in [-0.15, -0.1) is 0 Å². The summed E-state index contributed by atoms with van der Waals surface area (Å²) in [5, 5.41) is 41.6. The van der Waals surface area contributed by atoms with Gasteiger partial charge in [0.1, 0.15) is 11.5 Å². The van der Waals surface area contributed by atoms with E-state index >= 15 is 0 Å². The van der Waals surface area contributed by atoms with Gasteiger partial charge < -0.3 is 30.0 Å². The summed E-state index contributed by atoms with van der Waals surface area (Å²) in [5.74, 6) is -1.96. The maximum Gasteiger partial charge on any atom is 2.00 e. The van der Waals surface area contributed by atoms with E-state index < -0.39 is 11.9 Å². The number of aromatic nitrogens is 2. The summed E-state index contributed by atoms with van der Waals surface area (Å²) in [6.45, 7) is 0. The number of aromatic hydroxyl groups is 2. The normalized spacial score (nSPS) is 10.0. The Morgan fingerprint density at radius 2 is 0.745 bits per heavy atom. The molecule has 7 rings (SSSR count). The molecule has 226 valence electrons. The first-order valence-electron chi connectivity index (χ1n) is 14.1. The van der Waals surface area contributed by atoms with Gasteiger partial charge in [-0.3, -0.25) is 9.97 Å². The first-order chi connectivity index (χ1) is 22.3. The van der Waals surface area contributed by atoms with Crippen LogP contribution in [0.2, 0.25) is 0 Å². The van der Waals surface area contributed by atoms with Crippen molar-refractivity contribution in [3.8, 4) is 33.8 Å². The molecule has 9 heteroatoms. The first kappa shape index (κ1) is 34.0. The standard InChI is InChI=1S/2C13H10O3.C12H8N2.Zn/c2*14-12-7-5-10(6-8-12)9-1-3-11(4-2-9)13(15)16;1-3-9-5-6-10-4-2-8-14-12(10)11(9)13-7-1;/h2*1-8,14H,(H,15,16);1-8H;/q;;;+2/p-2. The molecule has 0 atom stereocenters. The van der Waals surface area contributed by atoms with Crippen LogP contribution in [0.3, 0.4) is 0 Å². The Hall–Kier alpha value is -5.92. The monoisotopic (exact) mass is 670 g/mol. The number of fused-ring (bicyclic) bond motifs is 3. The summed E-state index contributed by atoms with van der Waals surface area (Å²) in [6, 6.07) is 38.4. The zero-order chi connectivity index (χ0) is 32.5. The predicted octanol–water partition coefficient (Wildman–Crippen LogP) is 5.63. The Balaban J connectivity index is 0.000000158. The topological polar surface area (TPSA) is 146 Å². The van der Waals surface area contributed by atoms with Crippen molar-refractivity contribution in [2.45, 2.75) is 0 Å². The van der Waals surface area contributed by atoms with Gasteiger partial charge in [-0.1, -0.05) is 97.1 Å². The molecular formula is C38H26N2O6Zn. The van der Waals surface area contributed by atoms with Crippen molar-refractivity contribution in [3.63, 3.8) is 0 Å². The van der Waals surface area contributed by atoms with E-state index in [0.717, 1.165) is 44.1 Å². The van der Waals surface area contributed by atoms with Crippen LogP contribution in [0.1, 0.15) is 20.7 Å². The van der Waals surface area contributed by atoms with E-state index in [4.69, 9.17) is 10.2 Å². The molecule has 0 aliphatic carbocycles. The minimum absolute atomic E-state index is 0. The number of rotatable bonds is 4. The minimum Gasteiger partial charge on any atom is -0.545 e. The summed E-state index contributed by atoms with van der Waals surface area (Å²) < 4.78 is 0. The molecule has 8 nitrogen and oxygen atoms in total. The average Bonchev–Trinajstić information content (AvgIpc) is 3.09. The molecule has 0 aliphatic rings. The van der Waals surface area contributed by atoms with E-state index in [1.807, 2.05) is 12.1 Å². The molecule has 0 saturated carbocycles. The number of phenolic OH excluding ortho intramolecular Hbond substituents is 2. The first-order valence-corrected chi connectivity index (χ1v) is 14.1. The fraction of sp³-hybridized carbons (Fsp3) is 0. The number of carbonyl (C=O) groups is 2. The molecule has 0 radical (unpaired) electrons. The third kappa shape index (κ3) is 8.84. The maximum absolute atomic E-state index is 10.5. The number of nitrogens with zero attached hydrogens (tertiary/aromatic N) is 2. The number of phenols is 2. The Labute approximate surface area is 283 Å². The van der Waals surface area contributed by atoms with Crippen molar-refractivity contribution in [1.82, 2.24) is 9.97 Å². The number of carbonyl (C=O) groups excluding carboxylic acids is 2. The third-order valence-electron chi connectivity index (χ3n) is 6.99. The van der Waals surface area contributed by atoms with Crippen molar-refractivity contribution in [2.75, 3.05) is 0 Å². The van der Waals surface area contributed by atoms with Crippen molar-refractivity contribution >= 4 is 33.7 Å². The van der Waals surface area contributed by atoms with Gasteiger partial charge in [-0.2, -0.15) is 0 Å². The van der Waals surface area contributed by atoms with Gasteiger partial charge in [0.05, 0.1) is 23.0 Å². The summed E-state index contributed by atoms with van der Waals surface area (Å²) in [7, 11) is 0. The average molecular weight is 672 g/mol. The van der Waals surface area contributed by atoms with E-state index in [0.29, 0.717) is 0 Å². The molecule has 0 spiro atoms. The van der Waals surface area contributed by atoms with Crippen molar-refractivity contribution in [2.24, 2.45) is 0 Å². The molecule has 0 amide bonds. The number of aromatic carboxylic acids is 2. The van der Waals surface area contributed by atoms with Crippen LogP contribution in [-0.2, 0) is 19.5 Å². The van der Waals surface area contributed by atoms with Crippen LogP contribution in [0.5, 0.6) is 11.5 Å². The van der Waals surface area contributed by atoms with E-state index in [-0.39, 0.29) is 42.1 Å². The molecule has 0 bridgehead atoms. The number of hydrogen-bond donors (Lipinski definition) is 2. The Morgan fingerprint density at radius 1 is 0.447 bits per heavy atom. The predicted molar refractivity (Wildman–Crippen MR) is 173 cm³/mol. The molecule has 0 fully saturated rings.